The van der Waals surface area contributed by atoms with Crippen LogP contribution < -0.4 is 5.32 Å². The lowest BCUT2D eigenvalue weighted by Gasteiger charge is -2.31. The molecule has 1 N–H and O–H groups in total. The van der Waals surface area contributed by atoms with Crippen LogP contribution in [0.3, 0.4) is 0 Å². The van der Waals surface area contributed by atoms with Crippen molar-refractivity contribution in [3.8, 4) is 0 Å². The molecule has 1 amide bonds. The van der Waals surface area contributed by atoms with Gasteiger partial charge in [0.25, 0.3) is 5.91 Å². The van der Waals surface area contributed by atoms with Crippen molar-refractivity contribution < 1.29 is 4.79 Å². The predicted octanol–water partition coefficient (Wildman–Crippen LogP) is 2.77. The third-order valence-corrected chi connectivity index (χ3v) is 6.21. The highest BCUT2D eigenvalue weighted by molar-refractivity contribution is 7.20. The molecule has 0 radical (unpaired) electrons. The van der Waals surface area contributed by atoms with Gasteiger partial charge in [-0.1, -0.05) is 6.07 Å². The van der Waals surface area contributed by atoms with Crippen molar-refractivity contribution in [3.63, 3.8) is 0 Å². The molecule has 136 valence electrons. The average Bonchev–Trinajstić information content (AvgIpc) is 3.25. The van der Waals surface area contributed by atoms with E-state index in [1.807, 2.05) is 24.0 Å². The summed E-state index contributed by atoms with van der Waals surface area (Å²) in [5, 5.41) is 3.93. The Balaban J connectivity index is 1.54. The summed E-state index contributed by atoms with van der Waals surface area (Å²) in [7, 11) is 3.69. The van der Waals surface area contributed by atoms with Crippen molar-refractivity contribution in [1.29, 1.82) is 0 Å². The normalized spacial score (nSPS) is 16.2. The monoisotopic (exact) mass is 369 g/mol. The minimum absolute atomic E-state index is 0.00100. The number of aromatic nitrogens is 3. The van der Waals surface area contributed by atoms with Crippen LogP contribution in [-0.4, -0.2) is 45.5 Å². The number of pyridine rings is 1. The molecule has 3 aromatic heterocycles. The van der Waals surface area contributed by atoms with Crippen LogP contribution in [0, 0.1) is 0 Å². The van der Waals surface area contributed by atoms with Crippen LogP contribution in [0.25, 0.3) is 10.2 Å². The summed E-state index contributed by atoms with van der Waals surface area (Å²) in [5.41, 5.74) is 2.30. The Morgan fingerprint density at radius 1 is 1.35 bits per heavy atom. The third kappa shape index (κ3) is 3.24. The van der Waals surface area contributed by atoms with Crippen LogP contribution >= 0.6 is 11.3 Å². The molecule has 1 aliphatic rings. The Morgan fingerprint density at radius 3 is 2.85 bits per heavy atom. The van der Waals surface area contributed by atoms with Crippen molar-refractivity contribution in [2.24, 2.45) is 7.05 Å². The zero-order valence-corrected chi connectivity index (χ0v) is 15.9. The largest absolute Gasteiger partial charge is 0.354 e. The second kappa shape index (κ2) is 7.17. The van der Waals surface area contributed by atoms with Gasteiger partial charge in [0, 0.05) is 38.4 Å². The number of hydrogen-bond acceptors (Lipinski definition) is 5. The van der Waals surface area contributed by atoms with E-state index in [-0.39, 0.29) is 5.91 Å². The van der Waals surface area contributed by atoms with Gasteiger partial charge in [0.15, 0.2) is 0 Å². The minimum Gasteiger partial charge on any atom is -0.354 e. The third-order valence-electron chi connectivity index (χ3n) is 5.08. The molecule has 26 heavy (non-hydrogen) atoms. The number of nitrogens with one attached hydrogen (secondary N) is 1. The van der Waals surface area contributed by atoms with Gasteiger partial charge in [0.1, 0.15) is 4.83 Å². The molecule has 0 aromatic carbocycles. The predicted molar refractivity (Wildman–Crippen MR) is 103 cm³/mol. The van der Waals surface area contributed by atoms with Crippen molar-refractivity contribution >= 4 is 27.5 Å². The van der Waals surface area contributed by atoms with E-state index in [9.17, 15) is 4.79 Å². The molecule has 6 nitrogen and oxygen atoms in total. The number of thiophene rings is 1. The molecule has 1 fully saturated rings. The van der Waals surface area contributed by atoms with Gasteiger partial charge in [0.2, 0.25) is 0 Å². The van der Waals surface area contributed by atoms with E-state index in [4.69, 9.17) is 0 Å². The zero-order valence-electron chi connectivity index (χ0n) is 15.1. The van der Waals surface area contributed by atoms with Gasteiger partial charge in [-0.25, -0.2) is 9.97 Å². The molecule has 4 heterocycles. The Labute approximate surface area is 156 Å². The van der Waals surface area contributed by atoms with E-state index >= 15 is 0 Å². The number of amides is 1. The molecule has 0 unspecified atom stereocenters. The van der Waals surface area contributed by atoms with Crippen LogP contribution in [0.4, 0.5) is 0 Å². The van der Waals surface area contributed by atoms with Crippen molar-refractivity contribution in [2.75, 3.05) is 20.1 Å². The fourth-order valence-corrected chi connectivity index (χ4v) is 4.97. The lowest BCUT2D eigenvalue weighted by molar-refractivity contribution is 0.0965. The maximum atomic E-state index is 12.4. The zero-order chi connectivity index (χ0) is 18.1. The first-order valence-electron chi connectivity index (χ1n) is 8.94. The van der Waals surface area contributed by atoms with Crippen LogP contribution in [0.1, 0.15) is 39.7 Å². The highest BCUT2D eigenvalue weighted by Crippen LogP contribution is 2.39. The minimum atomic E-state index is -0.00100. The second-order valence-electron chi connectivity index (χ2n) is 6.86. The smallest absolute Gasteiger partial charge is 0.261 e. The van der Waals surface area contributed by atoms with Crippen LogP contribution in [0.2, 0.25) is 0 Å². The number of imidazole rings is 1. The standard InChI is InChI=1S/C19H23N5OS/c1-20-18(25)17-16(15-4-3-7-21-19(15)26-17)13-5-8-24(9-6-13)11-14-10-23(2)12-22-14/h3-4,7,10,12-13H,5-6,8-9,11H2,1-2H3,(H,20,25). The van der Waals surface area contributed by atoms with Crippen molar-refractivity contribution in [1.82, 2.24) is 24.8 Å². The van der Waals surface area contributed by atoms with E-state index in [1.165, 1.54) is 16.9 Å². The van der Waals surface area contributed by atoms with Gasteiger partial charge in [-0.15, -0.1) is 11.3 Å². The van der Waals surface area contributed by atoms with Crippen LogP contribution in [0.5, 0.6) is 0 Å². The first kappa shape index (κ1) is 17.2. The van der Waals surface area contributed by atoms with E-state index in [2.05, 4.69) is 32.4 Å². The summed E-state index contributed by atoms with van der Waals surface area (Å²) in [6.45, 7) is 2.93. The molecule has 1 saturated heterocycles. The molecule has 4 rings (SSSR count). The Kier molecular flexibility index (Phi) is 4.74. The summed E-state index contributed by atoms with van der Waals surface area (Å²) >= 11 is 1.51. The average molecular weight is 369 g/mol. The van der Waals surface area contributed by atoms with Gasteiger partial charge in [0.05, 0.1) is 16.9 Å². The highest BCUT2D eigenvalue weighted by atomic mass is 32.1. The number of fused-ring (bicyclic) bond motifs is 1. The summed E-state index contributed by atoms with van der Waals surface area (Å²) in [4.78, 5) is 25.5. The summed E-state index contributed by atoms with van der Waals surface area (Å²) < 4.78 is 1.99. The van der Waals surface area contributed by atoms with Gasteiger partial charge in [-0.3, -0.25) is 9.69 Å². The first-order valence-corrected chi connectivity index (χ1v) is 9.76. The fraction of sp³-hybridized carbons (Fsp3) is 0.421. The molecular formula is C19H23N5OS. The number of carbonyl (C=O) groups is 1. The summed E-state index contributed by atoms with van der Waals surface area (Å²) in [6.07, 6.45) is 7.83. The van der Waals surface area contributed by atoms with Gasteiger partial charge >= 0.3 is 0 Å². The molecule has 0 spiro atoms. The number of nitrogens with zero attached hydrogens (tertiary/aromatic N) is 4. The van der Waals surface area contributed by atoms with Crippen LogP contribution in [-0.2, 0) is 13.6 Å². The number of carbonyl (C=O) groups excluding carboxylic acids is 1. The molecule has 0 atom stereocenters. The number of hydrogen-bond donors (Lipinski definition) is 1. The molecule has 3 aromatic rings. The fourth-order valence-electron chi connectivity index (χ4n) is 3.80. The maximum absolute atomic E-state index is 12.4. The summed E-state index contributed by atoms with van der Waals surface area (Å²) in [5.74, 6) is 0.402. The van der Waals surface area contributed by atoms with Gasteiger partial charge in [-0.05, 0) is 43.5 Å². The molecular weight excluding hydrogens is 346 g/mol. The highest BCUT2D eigenvalue weighted by Gasteiger charge is 2.28. The first-order chi connectivity index (χ1) is 12.7. The lowest BCUT2D eigenvalue weighted by atomic mass is 9.87. The number of likely N-dealkylation sites (tertiary alicyclic amines) is 1. The maximum Gasteiger partial charge on any atom is 0.261 e. The molecule has 7 heteroatoms. The quantitative estimate of drug-likeness (QED) is 0.768. The van der Waals surface area contributed by atoms with E-state index < -0.39 is 0 Å². The number of rotatable bonds is 4. The van der Waals surface area contributed by atoms with Crippen LogP contribution in [0.15, 0.2) is 30.9 Å². The summed E-state index contributed by atoms with van der Waals surface area (Å²) in [6, 6.07) is 4.06. The van der Waals surface area contributed by atoms with Crippen molar-refractivity contribution in [2.45, 2.75) is 25.3 Å². The molecule has 0 bridgehead atoms. The topological polar surface area (TPSA) is 63.1 Å². The Hall–Kier alpha value is -2.25. The molecule has 0 aliphatic carbocycles. The van der Waals surface area contributed by atoms with E-state index in [0.29, 0.717) is 5.92 Å². The van der Waals surface area contributed by atoms with Gasteiger partial charge in [-0.2, -0.15) is 0 Å². The molecule has 0 saturated carbocycles. The van der Waals surface area contributed by atoms with E-state index in [0.717, 1.165) is 53.3 Å². The Morgan fingerprint density at radius 2 is 2.15 bits per heavy atom. The molecule has 1 aliphatic heterocycles. The van der Waals surface area contributed by atoms with Gasteiger partial charge < -0.3 is 9.88 Å². The van der Waals surface area contributed by atoms with E-state index in [1.54, 1.807) is 13.2 Å². The Bertz CT molecular complexity index is 923. The second-order valence-corrected chi connectivity index (χ2v) is 7.86. The number of piperidine rings is 1. The number of aryl methyl sites for hydroxylation is 1. The lowest BCUT2D eigenvalue weighted by Crippen LogP contribution is -2.33. The van der Waals surface area contributed by atoms with Crippen molar-refractivity contribution in [3.05, 3.63) is 47.0 Å². The SMILES string of the molecule is CNC(=O)c1sc2ncccc2c1C1CCN(Cc2cn(C)cn2)CC1.